The molecule has 0 spiro atoms. The molecule has 0 bridgehead atoms. The van der Waals surface area contributed by atoms with E-state index in [-0.39, 0.29) is 30.1 Å². The molecule has 146 valence electrons. The highest BCUT2D eigenvalue weighted by Crippen LogP contribution is 2.17. The number of carbonyl (C=O) groups excluding carboxylic acids is 3. The summed E-state index contributed by atoms with van der Waals surface area (Å²) in [5, 5.41) is 2.49. The molecule has 1 rings (SSSR count). The Morgan fingerprint density at radius 2 is 1.89 bits per heavy atom. The first-order chi connectivity index (χ1) is 12.6. The molecule has 1 amide bonds. The summed E-state index contributed by atoms with van der Waals surface area (Å²) in [6.07, 6.45) is 0.937. The second-order valence-corrected chi connectivity index (χ2v) is 6.39. The summed E-state index contributed by atoms with van der Waals surface area (Å²) in [7, 11) is 2.50. The summed E-state index contributed by atoms with van der Waals surface area (Å²) in [6, 6.07) is 1.42. The van der Waals surface area contributed by atoms with Crippen molar-refractivity contribution in [1.29, 1.82) is 0 Å². The molecule has 0 unspecified atom stereocenters. The number of methoxy groups -OCH3 is 2. The molecule has 3 N–H and O–H groups in total. The van der Waals surface area contributed by atoms with Crippen molar-refractivity contribution in [2.24, 2.45) is 0 Å². The Morgan fingerprint density at radius 1 is 1.22 bits per heavy atom. The van der Waals surface area contributed by atoms with Crippen LogP contribution in [0.25, 0.3) is 0 Å². The first-order valence-electron chi connectivity index (χ1n) is 8.06. The third kappa shape index (κ3) is 7.23. The molecule has 0 aliphatic rings. The molecular weight excluding hydrogens is 354 g/mol. The average Bonchev–Trinajstić information content (AvgIpc) is 2.58. The minimum Gasteiger partial charge on any atom is -0.469 e. The molecule has 1 aromatic heterocycles. The van der Waals surface area contributed by atoms with Gasteiger partial charge in [-0.1, -0.05) is 10.6 Å². The Balaban J connectivity index is 3.14. The number of ether oxygens (including phenoxy) is 3. The van der Waals surface area contributed by atoms with E-state index in [0.29, 0.717) is 5.69 Å². The Kier molecular flexibility index (Phi) is 7.60. The minimum atomic E-state index is -0.743. The summed E-state index contributed by atoms with van der Waals surface area (Å²) in [5.74, 6) is 10.3. The summed E-state index contributed by atoms with van der Waals surface area (Å²) < 4.78 is 15.6. The number of nitrogens with zero attached hydrogens (tertiary/aromatic N) is 1. The largest absolute Gasteiger partial charge is 0.469 e. The number of hydrogen-bond donors (Lipinski definition) is 2. The monoisotopic (exact) mass is 378 g/mol. The standard InChI is InChI=1S/C18H23N3O6/c1-18(2,3)27-17(24)20-14-10-12(8-6-7-9-15(22)25-4)21(19)11-13(14)16(23)26-5/h10-11H,7,9,19H2,1-5H3/p+1. The number of anilines is 1. The van der Waals surface area contributed by atoms with Crippen LogP contribution in [-0.4, -0.2) is 37.9 Å². The number of nitrogens with two attached hydrogens (primary N) is 1. The van der Waals surface area contributed by atoms with Crippen LogP contribution in [0.2, 0.25) is 0 Å². The topological polar surface area (TPSA) is 121 Å². The average molecular weight is 378 g/mol. The number of rotatable bonds is 4. The van der Waals surface area contributed by atoms with Gasteiger partial charge in [0.05, 0.1) is 26.3 Å². The van der Waals surface area contributed by atoms with E-state index in [1.165, 1.54) is 26.5 Å². The fourth-order valence-corrected chi connectivity index (χ4v) is 1.88. The van der Waals surface area contributed by atoms with E-state index in [1.54, 1.807) is 20.8 Å². The number of hydrogen-bond acceptors (Lipinski definition) is 7. The van der Waals surface area contributed by atoms with Gasteiger partial charge in [0.1, 0.15) is 11.2 Å². The number of carbonyl (C=O) groups is 3. The number of nitrogen functional groups attached to an aromatic ring is 1. The Bertz CT molecular complexity index is 787. The molecule has 1 heterocycles. The van der Waals surface area contributed by atoms with Crippen LogP contribution in [0.3, 0.4) is 0 Å². The van der Waals surface area contributed by atoms with Crippen molar-refractivity contribution < 1.29 is 33.3 Å². The SMILES string of the molecule is COC(=O)CCC#Cc1cc(NC(=O)OC(C)(C)C)c(C(=O)OC)c[n+]1N. The van der Waals surface area contributed by atoms with E-state index in [1.807, 2.05) is 0 Å². The van der Waals surface area contributed by atoms with Crippen LogP contribution in [0.1, 0.15) is 49.7 Å². The zero-order valence-electron chi connectivity index (χ0n) is 16.0. The molecule has 1 aromatic rings. The van der Waals surface area contributed by atoms with Crippen molar-refractivity contribution in [3.05, 3.63) is 23.5 Å². The van der Waals surface area contributed by atoms with E-state index in [0.717, 1.165) is 4.68 Å². The molecule has 0 aliphatic heterocycles. The number of amides is 1. The molecule has 27 heavy (non-hydrogen) atoms. The van der Waals surface area contributed by atoms with Gasteiger partial charge >= 0.3 is 18.0 Å². The molecule has 0 radical (unpaired) electrons. The van der Waals surface area contributed by atoms with Crippen molar-refractivity contribution in [2.45, 2.75) is 39.2 Å². The van der Waals surface area contributed by atoms with Gasteiger partial charge in [-0.05, 0) is 20.8 Å². The van der Waals surface area contributed by atoms with Gasteiger partial charge in [0.2, 0.25) is 6.20 Å². The Morgan fingerprint density at radius 3 is 2.44 bits per heavy atom. The second-order valence-electron chi connectivity index (χ2n) is 6.39. The molecule has 0 saturated carbocycles. The summed E-state index contributed by atoms with van der Waals surface area (Å²) in [4.78, 5) is 35.1. The van der Waals surface area contributed by atoms with Crippen molar-refractivity contribution in [3.8, 4) is 11.8 Å². The van der Waals surface area contributed by atoms with Crippen LogP contribution in [-0.2, 0) is 19.0 Å². The first-order valence-corrected chi connectivity index (χ1v) is 8.06. The van der Waals surface area contributed by atoms with E-state index in [2.05, 4.69) is 21.9 Å². The van der Waals surface area contributed by atoms with Gasteiger partial charge < -0.3 is 14.2 Å². The molecular formula is C18H24N3O6+. The Labute approximate surface area is 157 Å². The van der Waals surface area contributed by atoms with Crippen LogP contribution in [0.15, 0.2) is 12.3 Å². The maximum absolute atomic E-state index is 12.0. The molecule has 0 saturated heterocycles. The van der Waals surface area contributed by atoms with Crippen molar-refractivity contribution >= 4 is 23.7 Å². The number of esters is 2. The summed E-state index contributed by atoms with van der Waals surface area (Å²) in [6.45, 7) is 5.14. The predicted molar refractivity (Wildman–Crippen MR) is 96.1 cm³/mol. The quantitative estimate of drug-likeness (QED) is 0.265. The zero-order valence-corrected chi connectivity index (χ0v) is 16.0. The molecule has 9 heteroatoms. The zero-order chi connectivity index (χ0) is 20.6. The van der Waals surface area contributed by atoms with Gasteiger partial charge in [-0.2, -0.15) is 0 Å². The second kappa shape index (κ2) is 9.43. The van der Waals surface area contributed by atoms with E-state index in [9.17, 15) is 14.4 Å². The van der Waals surface area contributed by atoms with Gasteiger partial charge in [0.25, 0.3) is 5.69 Å². The maximum atomic E-state index is 12.0. The Hall–Kier alpha value is -3.28. The maximum Gasteiger partial charge on any atom is 0.412 e. The lowest BCUT2D eigenvalue weighted by atomic mass is 10.2. The third-order valence-electron chi connectivity index (χ3n) is 3.06. The lowest BCUT2D eigenvalue weighted by Crippen LogP contribution is -2.48. The fourth-order valence-electron chi connectivity index (χ4n) is 1.88. The molecule has 0 atom stereocenters. The summed E-state index contributed by atoms with van der Waals surface area (Å²) in [5.41, 5.74) is -0.242. The smallest absolute Gasteiger partial charge is 0.412 e. The predicted octanol–water partition coefficient (Wildman–Crippen LogP) is 1.13. The highest BCUT2D eigenvalue weighted by atomic mass is 16.6. The van der Waals surface area contributed by atoms with Gasteiger partial charge in [-0.3, -0.25) is 10.1 Å². The molecule has 0 fully saturated rings. The molecule has 0 aromatic carbocycles. The van der Waals surface area contributed by atoms with E-state index < -0.39 is 17.7 Å². The molecule has 0 aliphatic carbocycles. The number of pyridine rings is 1. The van der Waals surface area contributed by atoms with Gasteiger partial charge in [-0.15, -0.1) is 0 Å². The number of nitrogens with one attached hydrogen (secondary N) is 1. The highest BCUT2D eigenvalue weighted by Gasteiger charge is 2.24. The fraction of sp³-hybridized carbons (Fsp3) is 0.444. The normalized spacial score (nSPS) is 10.3. The third-order valence-corrected chi connectivity index (χ3v) is 3.06. The van der Waals surface area contributed by atoms with Crippen molar-refractivity contribution in [2.75, 3.05) is 25.4 Å². The van der Waals surface area contributed by atoms with E-state index >= 15 is 0 Å². The summed E-state index contributed by atoms with van der Waals surface area (Å²) >= 11 is 0. The lowest BCUT2D eigenvalue weighted by molar-refractivity contribution is -0.641. The van der Waals surface area contributed by atoms with Crippen molar-refractivity contribution in [1.82, 2.24) is 0 Å². The van der Waals surface area contributed by atoms with Gasteiger partial charge in [0, 0.05) is 18.4 Å². The highest BCUT2D eigenvalue weighted by molar-refractivity contribution is 5.99. The molecule has 9 nitrogen and oxygen atoms in total. The van der Waals surface area contributed by atoms with Crippen LogP contribution in [0.5, 0.6) is 0 Å². The van der Waals surface area contributed by atoms with Crippen LogP contribution in [0, 0.1) is 11.8 Å². The van der Waals surface area contributed by atoms with Crippen LogP contribution in [0.4, 0.5) is 10.5 Å². The van der Waals surface area contributed by atoms with Crippen LogP contribution >= 0.6 is 0 Å². The minimum absolute atomic E-state index is 0.0333. The van der Waals surface area contributed by atoms with Crippen molar-refractivity contribution in [3.63, 3.8) is 0 Å². The lowest BCUT2D eigenvalue weighted by Gasteiger charge is -2.20. The van der Waals surface area contributed by atoms with Gasteiger partial charge in [-0.25, -0.2) is 15.4 Å². The van der Waals surface area contributed by atoms with Crippen LogP contribution < -0.4 is 15.8 Å². The first kappa shape index (κ1) is 21.8. The van der Waals surface area contributed by atoms with E-state index in [4.69, 9.17) is 15.3 Å². The number of aromatic nitrogens is 1. The van der Waals surface area contributed by atoms with Gasteiger partial charge in [0.15, 0.2) is 0 Å².